The molecule has 0 aromatic rings. The topological polar surface area (TPSA) is 26.7 Å². The van der Waals surface area contributed by atoms with Gasteiger partial charge in [0, 0.05) is 30.7 Å². The highest BCUT2D eigenvalue weighted by molar-refractivity contribution is 4.88. The van der Waals surface area contributed by atoms with E-state index in [0.717, 1.165) is 19.5 Å². The van der Waals surface area contributed by atoms with Gasteiger partial charge in [0.2, 0.25) is 0 Å². The minimum atomic E-state index is 0.222. The molecule has 1 aliphatic rings. The Balaban J connectivity index is 2.49. The van der Waals surface area contributed by atoms with Crippen molar-refractivity contribution in [3.05, 3.63) is 0 Å². The molecule has 14 heavy (non-hydrogen) atoms. The van der Waals surface area contributed by atoms with Gasteiger partial charge >= 0.3 is 0 Å². The van der Waals surface area contributed by atoms with E-state index in [1.54, 1.807) is 0 Å². The van der Waals surface area contributed by atoms with Gasteiger partial charge in [-0.3, -0.25) is 4.90 Å². The van der Waals surface area contributed by atoms with Gasteiger partial charge in [-0.15, -0.1) is 0 Å². The lowest BCUT2D eigenvalue weighted by atomic mass is 10.1. The minimum Gasteiger partial charge on any atom is -0.313 e. The van der Waals surface area contributed by atoms with E-state index in [1.165, 1.54) is 5.06 Å². The summed E-state index contributed by atoms with van der Waals surface area (Å²) in [5.41, 5.74) is 0.229. The smallest absolute Gasteiger partial charge is 0.0492 e. The Morgan fingerprint density at radius 2 is 1.93 bits per heavy atom. The molecule has 3 nitrogen and oxygen atoms in total. The Hall–Kier alpha value is -0.120. The van der Waals surface area contributed by atoms with E-state index in [0.29, 0.717) is 6.04 Å². The lowest BCUT2D eigenvalue weighted by Gasteiger charge is -2.33. The van der Waals surface area contributed by atoms with Crippen LogP contribution in [0.15, 0.2) is 0 Å². The first-order valence-electron chi connectivity index (χ1n) is 5.54. The molecule has 1 aliphatic heterocycles. The van der Waals surface area contributed by atoms with E-state index in [-0.39, 0.29) is 11.6 Å². The summed E-state index contributed by atoms with van der Waals surface area (Å²) in [6.07, 6.45) is 1.08. The molecule has 0 spiro atoms. The maximum absolute atomic E-state index is 9.82. The lowest BCUT2D eigenvalue weighted by molar-refractivity contribution is -0.148. The van der Waals surface area contributed by atoms with Gasteiger partial charge in [0.05, 0.1) is 0 Å². The van der Waals surface area contributed by atoms with Gasteiger partial charge < -0.3 is 5.21 Å². The molecule has 1 saturated heterocycles. The predicted molar refractivity (Wildman–Crippen MR) is 58.5 cm³/mol. The number of hydrogen-bond donors (Lipinski definition) is 1. The summed E-state index contributed by atoms with van der Waals surface area (Å²) < 4.78 is 0. The molecule has 1 rings (SSSR count). The van der Waals surface area contributed by atoms with Crippen molar-refractivity contribution in [3.8, 4) is 0 Å². The monoisotopic (exact) mass is 200 g/mol. The Morgan fingerprint density at radius 1 is 1.36 bits per heavy atom. The number of rotatable bonds is 2. The molecule has 1 atom stereocenters. The molecule has 1 heterocycles. The van der Waals surface area contributed by atoms with Crippen molar-refractivity contribution in [1.29, 1.82) is 0 Å². The van der Waals surface area contributed by atoms with Crippen LogP contribution in [0, 0.1) is 0 Å². The molecule has 0 aliphatic carbocycles. The molecule has 0 aromatic carbocycles. The quantitative estimate of drug-likeness (QED) is 0.690. The molecule has 0 bridgehead atoms. The van der Waals surface area contributed by atoms with E-state index < -0.39 is 0 Å². The van der Waals surface area contributed by atoms with Crippen molar-refractivity contribution in [2.45, 2.75) is 58.7 Å². The fourth-order valence-electron chi connectivity index (χ4n) is 1.99. The third kappa shape index (κ3) is 2.69. The van der Waals surface area contributed by atoms with E-state index in [1.807, 2.05) is 13.8 Å². The van der Waals surface area contributed by atoms with Crippen LogP contribution in [0.2, 0.25) is 0 Å². The zero-order valence-electron chi connectivity index (χ0n) is 10.1. The molecular formula is C11H24N2O. The maximum Gasteiger partial charge on any atom is 0.0492 e. The zero-order chi connectivity index (χ0) is 10.9. The molecule has 1 unspecified atom stereocenters. The minimum absolute atomic E-state index is 0.222. The zero-order valence-corrected chi connectivity index (χ0v) is 10.1. The Kier molecular flexibility index (Phi) is 3.56. The molecule has 0 saturated carbocycles. The molecule has 1 fully saturated rings. The third-order valence-corrected chi connectivity index (χ3v) is 3.02. The van der Waals surface area contributed by atoms with Crippen LogP contribution in [0.3, 0.4) is 0 Å². The number of hydrogen-bond acceptors (Lipinski definition) is 3. The summed E-state index contributed by atoms with van der Waals surface area (Å²) in [7, 11) is 0. The fraction of sp³-hybridized carbons (Fsp3) is 1.00. The predicted octanol–water partition coefficient (Wildman–Crippen LogP) is 1.96. The first-order chi connectivity index (χ1) is 6.32. The van der Waals surface area contributed by atoms with E-state index in [4.69, 9.17) is 0 Å². The van der Waals surface area contributed by atoms with Gasteiger partial charge in [-0.25, -0.2) is 0 Å². The number of likely N-dealkylation sites (tertiary alicyclic amines) is 1. The fourth-order valence-corrected chi connectivity index (χ4v) is 1.99. The van der Waals surface area contributed by atoms with Crippen molar-refractivity contribution in [1.82, 2.24) is 9.96 Å². The lowest BCUT2D eigenvalue weighted by Crippen LogP contribution is -2.44. The third-order valence-electron chi connectivity index (χ3n) is 3.02. The average molecular weight is 200 g/mol. The van der Waals surface area contributed by atoms with Crippen molar-refractivity contribution >= 4 is 0 Å². The van der Waals surface area contributed by atoms with Crippen molar-refractivity contribution in [2.24, 2.45) is 0 Å². The van der Waals surface area contributed by atoms with Crippen molar-refractivity contribution in [3.63, 3.8) is 0 Å². The Bertz CT molecular complexity index is 186. The van der Waals surface area contributed by atoms with Crippen molar-refractivity contribution in [2.75, 3.05) is 13.1 Å². The summed E-state index contributed by atoms with van der Waals surface area (Å²) >= 11 is 0. The standard InChI is InChI=1S/C11H24N2O/c1-9(2)13(14)10-6-7-12(8-10)11(3,4)5/h9-10,14H,6-8H2,1-5H3. The molecule has 1 N–H and O–H groups in total. The SMILES string of the molecule is CC(C)N(O)C1CCN(C(C)(C)C)C1. The molecular weight excluding hydrogens is 176 g/mol. The Morgan fingerprint density at radius 3 is 2.29 bits per heavy atom. The van der Waals surface area contributed by atoms with Gasteiger partial charge in [0.15, 0.2) is 0 Å². The van der Waals surface area contributed by atoms with Crippen LogP contribution in [-0.2, 0) is 0 Å². The van der Waals surface area contributed by atoms with E-state index >= 15 is 0 Å². The highest BCUT2D eigenvalue weighted by Crippen LogP contribution is 2.23. The first kappa shape index (κ1) is 12.0. The van der Waals surface area contributed by atoms with Gasteiger partial charge in [0.25, 0.3) is 0 Å². The molecule has 0 aromatic heterocycles. The van der Waals surface area contributed by atoms with Gasteiger partial charge in [0.1, 0.15) is 0 Å². The van der Waals surface area contributed by atoms with Crippen LogP contribution in [0.4, 0.5) is 0 Å². The van der Waals surface area contributed by atoms with Crippen LogP contribution in [0.5, 0.6) is 0 Å². The summed E-state index contributed by atoms with van der Waals surface area (Å²) in [6, 6.07) is 0.536. The van der Waals surface area contributed by atoms with Crippen LogP contribution in [-0.4, -0.2) is 45.9 Å². The van der Waals surface area contributed by atoms with Gasteiger partial charge in [-0.1, -0.05) is 0 Å². The number of hydroxylamine groups is 2. The van der Waals surface area contributed by atoms with E-state index in [2.05, 4.69) is 25.7 Å². The van der Waals surface area contributed by atoms with Crippen LogP contribution in [0.1, 0.15) is 41.0 Å². The van der Waals surface area contributed by atoms with Gasteiger partial charge in [-0.05, 0) is 41.0 Å². The number of nitrogens with zero attached hydrogens (tertiary/aromatic N) is 2. The average Bonchev–Trinajstić information content (AvgIpc) is 2.49. The molecule has 84 valence electrons. The van der Waals surface area contributed by atoms with Crippen LogP contribution in [0.25, 0.3) is 0 Å². The molecule has 0 amide bonds. The van der Waals surface area contributed by atoms with Crippen molar-refractivity contribution < 1.29 is 5.21 Å². The highest BCUT2D eigenvalue weighted by atomic mass is 16.5. The summed E-state index contributed by atoms with van der Waals surface area (Å²) in [4.78, 5) is 2.43. The first-order valence-corrected chi connectivity index (χ1v) is 5.54. The molecule has 3 heteroatoms. The second-order valence-electron chi connectivity index (χ2n) is 5.53. The maximum atomic E-state index is 9.82. The normalized spacial score (nSPS) is 25.3. The summed E-state index contributed by atoms with van der Waals surface area (Å²) in [6.45, 7) is 12.8. The molecule has 0 radical (unpaired) electrons. The second-order valence-corrected chi connectivity index (χ2v) is 5.53. The van der Waals surface area contributed by atoms with Gasteiger partial charge in [-0.2, -0.15) is 5.06 Å². The largest absolute Gasteiger partial charge is 0.313 e. The van der Waals surface area contributed by atoms with E-state index in [9.17, 15) is 5.21 Å². The van der Waals surface area contributed by atoms with Crippen LogP contribution >= 0.6 is 0 Å². The summed E-state index contributed by atoms with van der Waals surface area (Å²) in [5.74, 6) is 0. The van der Waals surface area contributed by atoms with Crippen LogP contribution < -0.4 is 0 Å². The second kappa shape index (κ2) is 4.17. The summed E-state index contributed by atoms with van der Waals surface area (Å²) in [5, 5.41) is 11.3. The highest BCUT2D eigenvalue weighted by Gasteiger charge is 2.33. The Labute approximate surface area is 87.7 Å².